The summed E-state index contributed by atoms with van der Waals surface area (Å²) in [6.45, 7) is 0. The first-order valence-electron chi connectivity index (χ1n) is 10.8. The zero-order valence-corrected chi connectivity index (χ0v) is 16.4. The van der Waals surface area contributed by atoms with Crippen LogP contribution in [0.15, 0.2) is 12.1 Å². The number of carbonyl (C=O) groups excluding carboxylic acids is 1. The summed E-state index contributed by atoms with van der Waals surface area (Å²) < 4.78 is 47.3. The number of hydrogen-bond donors (Lipinski definition) is 2. The molecular formula is C22H27F3N2O2. The van der Waals surface area contributed by atoms with E-state index in [9.17, 15) is 18.0 Å². The predicted molar refractivity (Wildman–Crippen MR) is 102 cm³/mol. The van der Waals surface area contributed by atoms with Gasteiger partial charge in [-0.1, -0.05) is 19.3 Å². The lowest BCUT2D eigenvalue weighted by Gasteiger charge is -2.64. The first-order valence-corrected chi connectivity index (χ1v) is 10.8. The van der Waals surface area contributed by atoms with Gasteiger partial charge in [0.1, 0.15) is 5.72 Å². The van der Waals surface area contributed by atoms with Crippen molar-refractivity contribution in [2.75, 3.05) is 5.32 Å². The van der Waals surface area contributed by atoms with Crippen LogP contribution in [0.2, 0.25) is 0 Å². The molecule has 3 aliphatic carbocycles. The number of amides is 2. The standard InChI is InChI=1S/C22H27F3N2O2/c23-16-6-7-17(19(25)18(16)24)26-20(28)27-22-11-13-8-14(12-22)10-21(9-13,29-22)15-4-2-1-3-5-15/h6-7,13-15H,1-5,8-12H2,(H2,26,27,28)/t13-,14?,21?,22?/m0/s1. The molecule has 6 rings (SSSR count). The Morgan fingerprint density at radius 2 is 1.66 bits per heavy atom. The van der Waals surface area contributed by atoms with Gasteiger partial charge in [-0.3, -0.25) is 0 Å². The van der Waals surface area contributed by atoms with Crippen molar-refractivity contribution in [2.24, 2.45) is 17.8 Å². The number of urea groups is 1. The van der Waals surface area contributed by atoms with Gasteiger partial charge in [0, 0.05) is 0 Å². The summed E-state index contributed by atoms with van der Waals surface area (Å²) in [5.74, 6) is -2.69. The van der Waals surface area contributed by atoms with Crippen molar-refractivity contribution >= 4 is 11.7 Å². The highest BCUT2D eigenvalue weighted by atomic mass is 19.2. The number of carbonyl (C=O) groups is 1. The Balaban J connectivity index is 1.34. The van der Waals surface area contributed by atoms with Crippen molar-refractivity contribution in [1.29, 1.82) is 0 Å². The maximum atomic E-state index is 13.9. The summed E-state index contributed by atoms with van der Waals surface area (Å²) in [5.41, 5.74) is -1.29. The molecule has 2 N–H and O–H groups in total. The molecule has 0 radical (unpaired) electrons. The third kappa shape index (κ3) is 3.31. The van der Waals surface area contributed by atoms with Gasteiger partial charge in [-0.2, -0.15) is 0 Å². The fourth-order valence-electron chi connectivity index (χ4n) is 6.74. The normalized spacial score (nSPS) is 36.2. The number of nitrogens with one attached hydrogen (secondary N) is 2. The van der Waals surface area contributed by atoms with Crippen LogP contribution >= 0.6 is 0 Å². The van der Waals surface area contributed by atoms with Crippen molar-refractivity contribution < 1.29 is 22.7 Å². The van der Waals surface area contributed by atoms with E-state index in [1.54, 1.807) is 0 Å². The van der Waals surface area contributed by atoms with Gasteiger partial charge in [0.05, 0.1) is 11.3 Å². The zero-order chi connectivity index (χ0) is 20.2. The molecule has 29 heavy (non-hydrogen) atoms. The summed E-state index contributed by atoms with van der Waals surface area (Å²) in [7, 11) is 0. The van der Waals surface area contributed by atoms with E-state index in [1.807, 2.05) is 0 Å². The minimum absolute atomic E-state index is 0.162. The Morgan fingerprint density at radius 3 is 2.34 bits per heavy atom. The van der Waals surface area contributed by atoms with Gasteiger partial charge >= 0.3 is 6.03 Å². The highest BCUT2D eigenvalue weighted by Gasteiger charge is 2.61. The Morgan fingerprint density at radius 1 is 0.966 bits per heavy atom. The Bertz CT molecular complexity index is 811. The molecule has 3 unspecified atom stereocenters. The third-order valence-corrected chi connectivity index (χ3v) is 7.54. The quantitative estimate of drug-likeness (QED) is 0.651. The number of hydrogen-bond acceptors (Lipinski definition) is 2. The second kappa shape index (κ2) is 6.89. The van der Waals surface area contributed by atoms with Crippen LogP contribution in [0.5, 0.6) is 0 Å². The maximum Gasteiger partial charge on any atom is 0.321 e. The van der Waals surface area contributed by atoms with Gasteiger partial charge in [0.2, 0.25) is 0 Å². The van der Waals surface area contributed by atoms with E-state index in [0.29, 0.717) is 17.8 Å². The van der Waals surface area contributed by atoms with Gasteiger partial charge < -0.3 is 15.4 Å². The molecule has 1 aromatic rings. The predicted octanol–water partition coefficient (Wildman–Crippen LogP) is 5.48. The summed E-state index contributed by atoms with van der Waals surface area (Å²) >= 11 is 0. The van der Waals surface area contributed by atoms with Crippen LogP contribution in [0.3, 0.4) is 0 Å². The van der Waals surface area contributed by atoms with E-state index in [-0.39, 0.29) is 11.3 Å². The van der Waals surface area contributed by atoms with Gasteiger partial charge in [0.15, 0.2) is 17.5 Å². The van der Waals surface area contributed by atoms with Gasteiger partial charge in [-0.05, 0) is 74.8 Å². The lowest BCUT2D eigenvalue weighted by Crippen LogP contribution is -2.69. The van der Waals surface area contributed by atoms with Crippen LogP contribution in [-0.4, -0.2) is 17.4 Å². The average Bonchev–Trinajstić information content (AvgIpc) is 2.68. The molecule has 2 saturated heterocycles. The van der Waals surface area contributed by atoms with Crippen LogP contribution in [0.25, 0.3) is 0 Å². The number of ether oxygens (including phenoxy) is 1. The second-order valence-corrected chi connectivity index (χ2v) is 9.58. The summed E-state index contributed by atoms with van der Waals surface area (Å²) in [5, 5.41) is 5.28. The van der Waals surface area contributed by atoms with E-state index in [4.69, 9.17) is 4.74 Å². The molecule has 0 spiro atoms. The van der Waals surface area contributed by atoms with Gasteiger partial charge in [-0.25, -0.2) is 18.0 Å². The third-order valence-electron chi connectivity index (χ3n) is 7.54. The van der Waals surface area contributed by atoms with Crippen molar-refractivity contribution in [3.63, 3.8) is 0 Å². The minimum Gasteiger partial charge on any atom is -0.349 e. The number of halogens is 3. The van der Waals surface area contributed by atoms with Crippen LogP contribution in [-0.2, 0) is 4.74 Å². The van der Waals surface area contributed by atoms with Crippen molar-refractivity contribution in [3.05, 3.63) is 29.6 Å². The van der Waals surface area contributed by atoms with Gasteiger partial charge in [-0.15, -0.1) is 0 Å². The Labute approximate surface area is 168 Å². The molecule has 3 saturated carbocycles. The molecule has 4 bridgehead atoms. The summed E-state index contributed by atoms with van der Waals surface area (Å²) in [4.78, 5) is 12.6. The fourth-order valence-corrected chi connectivity index (χ4v) is 6.74. The topological polar surface area (TPSA) is 50.4 Å². The van der Waals surface area contributed by atoms with E-state index in [1.165, 1.54) is 38.5 Å². The lowest BCUT2D eigenvalue weighted by molar-refractivity contribution is -0.301. The van der Waals surface area contributed by atoms with Crippen molar-refractivity contribution in [3.8, 4) is 0 Å². The molecule has 2 amide bonds. The molecule has 1 aromatic carbocycles. The fraction of sp³-hybridized carbons (Fsp3) is 0.682. The highest BCUT2D eigenvalue weighted by molar-refractivity contribution is 5.89. The molecule has 2 heterocycles. The smallest absolute Gasteiger partial charge is 0.321 e. The monoisotopic (exact) mass is 408 g/mol. The second-order valence-electron chi connectivity index (χ2n) is 9.58. The van der Waals surface area contributed by atoms with E-state index in [0.717, 1.165) is 37.8 Å². The minimum atomic E-state index is -1.59. The molecule has 4 nitrogen and oxygen atoms in total. The SMILES string of the molecule is O=C(Nc1ccc(F)c(F)c1F)NC12CC3C[C@H](C1)CC(C1CCCCC1)(C3)O2. The molecule has 158 valence electrons. The van der Waals surface area contributed by atoms with Gasteiger partial charge in [0.25, 0.3) is 0 Å². The molecule has 2 aliphatic heterocycles. The highest BCUT2D eigenvalue weighted by Crippen LogP contribution is 2.60. The molecule has 5 aliphatic rings. The van der Waals surface area contributed by atoms with E-state index < -0.39 is 29.2 Å². The number of benzene rings is 1. The van der Waals surface area contributed by atoms with Crippen LogP contribution in [0.4, 0.5) is 23.7 Å². The van der Waals surface area contributed by atoms with E-state index >= 15 is 0 Å². The van der Waals surface area contributed by atoms with Crippen LogP contribution in [0, 0.1) is 35.2 Å². The zero-order valence-electron chi connectivity index (χ0n) is 16.4. The Hall–Kier alpha value is -1.76. The molecule has 4 atom stereocenters. The van der Waals surface area contributed by atoms with Crippen molar-refractivity contribution in [2.45, 2.75) is 75.5 Å². The van der Waals surface area contributed by atoms with E-state index in [2.05, 4.69) is 10.6 Å². The number of rotatable bonds is 3. The largest absolute Gasteiger partial charge is 0.349 e. The molecular weight excluding hydrogens is 381 g/mol. The molecule has 5 fully saturated rings. The summed E-state index contributed by atoms with van der Waals surface area (Å²) in [6.07, 6.45) is 10.9. The first-order chi connectivity index (χ1) is 13.9. The molecule has 0 aromatic heterocycles. The summed E-state index contributed by atoms with van der Waals surface area (Å²) in [6, 6.07) is 1.18. The first kappa shape index (κ1) is 19.2. The maximum absolute atomic E-state index is 13.9. The number of anilines is 1. The molecule has 7 heteroatoms. The van der Waals surface area contributed by atoms with Crippen molar-refractivity contribution in [1.82, 2.24) is 5.32 Å². The average molecular weight is 408 g/mol. The Kier molecular flexibility index (Phi) is 4.57. The lowest BCUT2D eigenvalue weighted by atomic mass is 9.55. The van der Waals surface area contributed by atoms with Crippen LogP contribution in [0.1, 0.15) is 64.2 Å². The van der Waals surface area contributed by atoms with Crippen LogP contribution < -0.4 is 10.6 Å².